The maximum atomic E-state index is 5.74. The van der Waals surface area contributed by atoms with E-state index in [-0.39, 0.29) is 6.10 Å². The Balaban J connectivity index is 1.59. The molecule has 4 rings (SSSR count). The van der Waals surface area contributed by atoms with Crippen LogP contribution in [-0.4, -0.2) is 44.6 Å². The Morgan fingerprint density at radius 2 is 2.23 bits per heavy atom. The first kappa shape index (κ1) is 16.8. The van der Waals surface area contributed by atoms with Crippen LogP contribution in [0.2, 0.25) is 0 Å². The standard InChI is InChI=1S/C19H24N6O/c1-13(2)26-15-5-7-25-17(11-22-19(25)8-15)16-10-21-12-18(24-16)23-14-4-3-6-20-9-14/h5,7-8,10-14,20H,3-4,6,9H2,1-2H3,(H,23,24). The van der Waals surface area contributed by atoms with Crippen LogP contribution in [0, 0.1) is 0 Å². The highest BCUT2D eigenvalue weighted by Gasteiger charge is 2.14. The van der Waals surface area contributed by atoms with Crippen molar-refractivity contribution in [1.82, 2.24) is 24.7 Å². The second-order valence-corrected chi connectivity index (χ2v) is 6.88. The molecular formula is C19H24N6O. The number of ether oxygens (including phenoxy) is 1. The summed E-state index contributed by atoms with van der Waals surface area (Å²) in [6, 6.07) is 4.28. The van der Waals surface area contributed by atoms with E-state index in [9.17, 15) is 0 Å². The van der Waals surface area contributed by atoms with Crippen LogP contribution in [0.25, 0.3) is 17.0 Å². The molecule has 1 atom stereocenters. The van der Waals surface area contributed by atoms with E-state index in [0.29, 0.717) is 6.04 Å². The zero-order valence-corrected chi connectivity index (χ0v) is 15.1. The summed E-state index contributed by atoms with van der Waals surface area (Å²) in [7, 11) is 0. The minimum absolute atomic E-state index is 0.134. The largest absolute Gasteiger partial charge is 0.491 e. The smallest absolute Gasteiger partial charge is 0.145 e. The van der Waals surface area contributed by atoms with Crippen LogP contribution in [0.4, 0.5) is 5.82 Å². The summed E-state index contributed by atoms with van der Waals surface area (Å²) < 4.78 is 7.75. The number of aromatic nitrogens is 4. The highest BCUT2D eigenvalue weighted by molar-refractivity contribution is 5.61. The summed E-state index contributed by atoms with van der Waals surface area (Å²) in [4.78, 5) is 13.6. The zero-order valence-electron chi connectivity index (χ0n) is 15.1. The molecule has 1 fully saturated rings. The molecule has 7 nitrogen and oxygen atoms in total. The lowest BCUT2D eigenvalue weighted by molar-refractivity contribution is 0.242. The van der Waals surface area contributed by atoms with Gasteiger partial charge in [0.15, 0.2) is 0 Å². The van der Waals surface area contributed by atoms with Gasteiger partial charge in [-0.15, -0.1) is 0 Å². The number of piperidine rings is 1. The van der Waals surface area contributed by atoms with Crippen molar-refractivity contribution in [1.29, 1.82) is 0 Å². The highest BCUT2D eigenvalue weighted by atomic mass is 16.5. The van der Waals surface area contributed by atoms with E-state index < -0.39 is 0 Å². The van der Waals surface area contributed by atoms with Gasteiger partial charge in [-0.1, -0.05) is 0 Å². The third-order valence-electron chi connectivity index (χ3n) is 4.40. The topological polar surface area (TPSA) is 76.4 Å². The second kappa shape index (κ2) is 7.29. The van der Waals surface area contributed by atoms with E-state index in [2.05, 4.69) is 20.6 Å². The van der Waals surface area contributed by atoms with Crippen molar-refractivity contribution in [3.63, 3.8) is 0 Å². The fourth-order valence-corrected chi connectivity index (χ4v) is 3.24. The minimum atomic E-state index is 0.134. The zero-order chi connectivity index (χ0) is 17.9. The Kier molecular flexibility index (Phi) is 4.71. The van der Waals surface area contributed by atoms with Gasteiger partial charge >= 0.3 is 0 Å². The molecule has 2 N–H and O–H groups in total. The number of hydrogen-bond acceptors (Lipinski definition) is 6. The Morgan fingerprint density at radius 1 is 1.31 bits per heavy atom. The van der Waals surface area contributed by atoms with E-state index in [1.807, 2.05) is 42.8 Å². The lowest BCUT2D eigenvalue weighted by atomic mass is 10.1. The molecule has 0 aliphatic carbocycles. The molecule has 1 saturated heterocycles. The fourth-order valence-electron chi connectivity index (χ4n) is 3.24. The molecule has 4 heterocycles. The molecule has 7 heteroatoms. The normalized spacial score (nSPS) is 17.6. The SMILES string of the molecule is CC(C)Oc1ccn2c(-c3cncc(NC4CCCNC4)n3)cnc2c1. The van der Waals surface area contributed by atoms with Gasteiger partial charge in [-0.05, 0) is 39.3 Å². The number of fused-ring (bicyclic) bond motifs is 1. The molecule has 0 spiro atoms. The minimum Gasteiger partial charge on any atom is -0.491 e. The summed E-state index contributed by atoms with van der Waals surface area (Å²) in [6.07, 6.45) is 9.79. The van der Waals surface area contributed by atoms with Crippen LogP contribution >= 0.6 is 0 Å². The van der Waals surface area contributed by atoms with Gasteiger partial charge < -0.3 is 15.4 Å². The molecule has 3 aromatic heterocycles. The van der Waals surface area contributed by atoms with Crippen molar-refractivity contribution in [3.8, 4) is 17.1 Å². The van der Waals surface area contributed by atoms with Crippen molar-refractivity contribution in [2.75, 3.05) is 18.4 Å². The number of imidazole rings is 1. The number of anilines is 1. The van der Waals surface area contributed by atoms with E-state index in [0.717, 1.165) is 48.1 Å². The maximum absolute atomic E-state index is 5.74. The monoisotopic (exact) mass is 352 g/mol. The fraction of sp³-hybridized carbons (Fsp3) is 0.421. The van der Waals surface area contributed by atoms with Gasteiger partial charge in [0.2, 0.25) is 0 Å². The molecule has 0 radical (unpaired) electrons. The third-order valence-corrected chi connectivity index (χ3v) is 4.40. The number of nitrogens with zero attached hydrogens (tertiary/aromatic N) is 4. The summed E-state index contributed by atoms with van der Waals surface area (Å²) in [5, 5.41) is 6.88. The van der Waals surface area contributed by atoms with Crippen LogP contribution in [0.1, 0.15) is 26.7 Å². The molecule has 0 aromatic carbocycles. The highest BCUT2D eigenvalue weighted by Crippen LogP contribution is 2.23. The van der Waals surface area contributed by atoms with Crippen LogP contribution in [0.3, 0.4) is 0 Å². The third kappa shape index (κ3) is 3.62. The molecular weight excluding hydrogens is 328 g/mol. The summed E-state index contributed by atoms with van der Waals surface area (Å²) >= 11 is 0. The van der Waals surface area contributed by atoms with E-state index in [1.54, 1.807) is 12.4 Å². The Hall–Kier alpha value is -2.67. The first-order valence-electron chi connectivity index (χ1n) is 9.12. The lowest BCUT2D eigenvalue weighted by Crippen LogP contribution is -2.38. The Bertz CT molecular complexity index is 885. The summed E-state index contributed by atoms with van der Waals surface area (Å²) in [6.45, 7) is 6.07. The Labute approximate surface area is 152 Å². The van der Waals surface area contributed by atoms with Crippen LogP contribution in [-0.2, 0) is 0 Å². The van der Waals surface area contributed by atoms with Crippen LogP contribution < -0.4 is 15.4 Å². The molecule has 26 heavy (non-hydrogen) atoms. The average molecular weight is 352 g/mol. The van der Waals surface area contributed by atoms with Crippen molar-refractivity contribution in [2.45, 2.75) is 38.8 Å². The lowest BCUT2D eigenvalue weighted by Gasteiger charge is -2.24. The molecule has 0 bridgehead atoms. The van der Waals surface area contributed by atoms with Gasteiger partial charge in [-0.3, -0.25) is 9.38 Å². The molecule has 3 aromatic rings. The predicted octanol–water partition coefficient (Wildman–Crippen LogP) is 2.74. The second-order valence-electron chi connectivity index (χ2n) is 6.88. The first-order valence-corrected chi connectivity index (χ1v) is 9.12. The van der Waals surface area contributed by atoms with Crippen LogP contribution in [0.5, 0.6) is 5.75 Å². The van der Waals surface area contributed by atoms with Crippen LogP contribution in [0.15, 0.2) is 36.9 Å². The number of pyridine rings is 1. The molecule has 136 valence electrons. The molecule has 1 aliphatic rings. The van der Waals surface area contributed by atoms with Gasteiger partial charge in [-0.2, -0.15) is 0 Å². The van der Waals surface area contributed by atoms with Gasteiger partial charge in [0.05, 0.1) is 30.4 Å². The van der Waals surface area contributed by atoms with Gasteiger partial charge in [0.1, 0.15) is 22.9 Å². The first-order chi connectivity index (χ1) is 12.7. The summed E-state index contributed by atoms with van der Waals surface area (Å²) in [5.41, 5.74) is 2.53. The summed E-state index contributed by atoms with van der Waals surface area (Å²) in [5.74, 6) is 1.61. The van der Waals surface area contributed by atoms with Crippen molar-refractivity contribution < 1.29 is 4.74 Å². The van der Waals surface area contributed by atoms with E-state index >= 15 is 0 Å². The van der Waals surface area contributed by atoms with E-state index in [1.165, 1.54) is 6.42 Å². The van der Waals surface area contributed by atoms with Gasteiger partial charge in [-0.25, -0.2) is 9.97 Å². The van der Waals surface area contributed by atoms with Crippen molar-refractivity contribution in [3.05, 3.63) is 36.9 Å². The van der Waals surface area contributed by atoms with Crippen molar-refractivity contribution >= 4 is 11.5 Å². The average Bonchev–Trinajstić information content (AvgIpc) is 3.05. The number of hydrogen-bond donors (Lipinski definition) is 2. The molecule has 0 amide bonds. The predicted molar refractivity (Wildman–Crippen MR) is 101 cm³/mol. The maximum Gasteiger partial charge on any atom is 0.145 e. The quantitative estimate of drug-likeness (QED) is 0.735. The van der Waals surface area contributed by atoms with Gasteiger partial charge in [0.25, 0.3) is 0 Å². The van der Waals surface area contributed by atoms with E-state index in [4.69, 9.17) is 9.72 Å². The molecule has 0 saturated carbocycles. The van der Waals surface area contributed by atoms with Gasteiger partial charge in [0, 0.05) is 24.8 Å². The number of nitrogens with one attached hydrogen (secondary N) is 2. The molecule has 1 unspecified atom stereocenters. The number of rotatable bonds is 5. The Morgan fingerprint density at radius 3 is 3.04 bits per heavy atom. The molecule has 1 aliphatic heterocycles. The van der Waals surface area contributed by atoms with Crippen molar-refractivity contribution in [2.24, 2.45) is 0 Å².